The van der Waals surface area contributed by atoms with Crippen LogP contribution in [0.5, 0.6) is 0 Å². The van der Waals surface area contributed by atoms with E-state index in [4.69, 9.17) is 11.0 Å². The van der Waals surface area contributed by atoms with Gasteiger partial charge in [0.1, 0.15) is 6.07 Å². The molecule has 0 radical (unpaired) electrons. The van der Waals surface area contributed by atoms with Crippen LogP contribution in [-0.2, 0) is 7.05 Å². The van der Waals surface area contributed by atoms with Crippen LogP contribution in [0.4, 0.5) is 0 Å². The smallest absolute Gasteiger partial charge is 0.256 e. The first kappa shape index (κ1) is 13.6. The van der Waals surface area contributed by atoms with E-state index in [2.05, 4.69) is 24.3 Å². The maximum absolute atomic E-state index is 12.2. The molecule has 19 heavy (non-hydrogen) atoms. The predicted molar refractivity (Wildman–Crippen MR) is 70.1 cm³/mol. The van der Waals surface area contributed by atoms with Crippen molar-refractivity contribution in [3.63, 3.8) is 0 Å². The Kier molecular flexibility index (Phi) is 3.33. The van der Waals surface area contributed by atoms with E-state index in [0.717, 1.165) is 6.42 Å². The Hall–Kier alpha value is -1.87. The maximum Gasteiger partial charge on any atom is 0.256 e. The van der Waals surface area contributed by atoms with Gasteiger partial charge in [-0.15, -0.1) is 0 Å². The van der Waals surface area contributed by atoms with Gasteiger partial charge in [0.2, 0.25) is 0 Å². The molecule has 6 nitrogen and oxygen atoms in total. The zero-order valence-electron chi connectivity index (χ0n) is 11.5. The number of rotatable bonds is 3. The molecule has 1 aromatic heterocycles. The van der Waals surface area contributed by atoms with Gasteiger partial charge < -0.3 is 11.1 Å². The Balaban J connectivity index is 2.09. The molecule has 0 spiro atoms. The number of hydrogen-bond acceptors (Lipinski definition) is 4. The molecule has 2 atom stereocenters. The molecule has 102 valence electrons. The minimum atomic E-state index is -0.238. The Bertz CT molecular complexity index is 540. The molecule has 1 aliphatic carbocycles. The number of carbonyl (C=O) groups excluding carboxylic acids is 1. The molecule has 1 heterocycles. The average Bonchev–Trinajstić information content (AvgIpc) is 2.74. The molecular formula is C13H19N5O. The lowest BCUT2D eigenvalue weighted by atomic mass is 9.58. The highest BCUT2D eigenvalue weighted by Gasteiger charge is 2.47. The summed E-state index contributed by atoms with van der Waals surface area (Å²) in [5.74, 6) is 0.195. The number of hydrogen-bond donors (Lipinski definition) is 2. The monoisotopic (exact) mass is 261 g/mol. The first-order valence-electron chi connectivity index (χ1n) is 6.34. The van der Waals surface area contributed by atoms with Crippen molar-refractivity contribution in [3.8, 4) is 6.07 Å². The Morgan fingerprint density at radius 1 is 1.74 bits per heavy atom. The van der Waals surface area contributed by atoms with Crippen LogP contribution in [0, 0.1) is 22.7 Å². The molecule has 6 heteroatoms. The Labute approximate surface area is 112 Å². The molecule has 0 saturated heterocycles. The fraction of sp³-hybridized carbons (Fsp3) is 0.615. The van der Waals surface area contributed by atoms with Crippen LogP contribution in [0.15, 0.2) is 6.20 Å². The molecule has 0 bridgehead atoms. The van der Waals surface area contributed by atoms with Crippen LogP contribution in [-0.4, -0.2) is 28.3 Å². The topological polar surface area (TPSA) is 96.7 Å². The van der Waals surface area contributed by atoms with Crippen LogP contribution in [0.25, 0.3) is 0 Å². The largest absolute Gasteiger partial charge is 0.349 e. The summed E-state index contributed by atoms with van der Waals surface area (Å²) < 4.78 is 1.41. The third-order valence-electron chi connectivity index (χ3n) is 4.35. The minimum absolute atomic E-state index is 0.000570. The summed E-state index contributed by atoms with van der Waals surface area (Å²) in [7, 11) is 1.65. The number of aromatic nitrogens is 2. The Morgan fingerprint density at radius 3 is 2.95 bits per heavy atom. The second-order valence-electron chi connectivity index (χ2n) is 5.66. The van der Waals surface area contributed by atoms with Crippen molar-refractivity contribution in [2.24, 2.45) is 24.1 Å². The summed E-state index contributed by atoms with van der Waals surface area (Å²) in [6.07, 6.45) is 2.32. The molecule has 1 amide bonds. The van der Waals surface area contributed by atoms with E-state index < -0.39 is 0 Å². The third-order valence-corrected chi connectivity index (χ3v) is 4.35. The molecule has 0 aromatic carbocycles. The van der Waals surface area contributed by atoms with Gasteiger partial charge in [0.05, 0.1) is 11.8 Å². The van der Waals surface area contributed by atoms with Crippen LogP contribution in [0.3, 0.4) is 0 Å². The van der Waals surface area contributed by atoms with E-state index in [1.54, 1.807) is 7.05 Å². The summed E-state index contributed by atoms with van der Waals surface area (Å²) in [6, 6.07) is 2.09. The van der Waals surface area contributed by atoms with Gasteiger partial charge in [-0.1, -0.05) is 13.8 Å². The number of nitriles is 1. The summed E-state index contributed by atoms with van der Waals surface area (Å²) >= 11 is 0. The molecule has 2 rings (SSSR count). The summed E-state index contributed by atoms with van der Waals surface area (Å²) in [5.41, 5.74) is 6.31. The van der Waals surface area contributed by atoms with Crippen molar-refractivity contribution >= 4 is 5.91 Å². The molecule has 0 aliphatic heterocycles. The van der Waals surface area contributed by atoms with Gasteiger partial charge in [-0.05, 0) is 24.3 Å². The SMILES string of the molecule is Cn1ncc(C(=O)NC2CC(CN)C2(C)C)c1C#N. The lowest BCUT2D eigenvalue weighted by Gasteiger charge is -2.52. The van der Waals surface area contributed by atoms with Crippen molar-refractivity contribution in [1.82, 2.24) is 15.1 Å². The summed E-state index contributed by atoms with van der Waals surface area (Å²) in [4.78, 5) is 12.2. The van der Waals surface area contributed by atoms with Gasteiger partial charge in [-0.2, -0.15) is 10.4 Å². The van der Waals surface area contributed by atoms with Crippen LogP contribution in [0.2, 0.25) is 0 Å². The molecule has 1 aromatic rings. The van der Waals surface area contributed by atoms with E-state index in [-0.39, 0.29) is 23.1 Å². The maximum atomic E-state index is 12.2. The predicted octanol–water partition coefficient (Wildman–Crippen LogP) is 0.395. The Morgan fingerprint density at radius 2 is 2.42 bits per heavy atom. The second kappa shape index (κ2) is 4.67. The number of nitrogens with one attached hydrogen (secondary N) is 1. The van der Waals surface area contributed by atoms with Crippen LogP contribution < -0.4 is 11.1 Å². The molecule has 3 N–H and O–H groups in total. The highest BCUT2D eigenvalue weighted by molar-refractivity contribution is 5.96. The molecule has 1 fully saturated rings. The van der Waals surface area contributed by atoms with Gasteiger partial charge in [-0.25, -0.2) is 0 Å². The van der Waals surface area contributed by atoms with Gasteiger partial charge >= 0.3 is 0 Å². The van der Waals surface area contributed by atoms with E-state index >= 15 is 0 Å². The van der Waals surface area contributed by atoms with Gasteiger partial charge in [0.15, 0.2) is 5.69 Å². The summed E-state index contributed by atoms with van der Waals surface area (Å²) in [5, 5.41) is 15.9. The van der Waals surface area contributed by atoms with E-state index in [1.165, 1.54) is 10.9 Å². The lowest BCUT2D eigenvalue weighted by molar-refractivity contribution is 0.0200. The zero-order chi connectivity index (χ0) is 14.2. The van der Waals surface area contributed by atoms with E-state index in [9.17, 15) is 4.79 Å². The number of carbonyl (C=O) groups is 1. The molecule has 1 aliphatic rings. The molecule has 1 saturated carbocycles. The van der Waals surface area contributed by atoms with Gasteiger partial charge in [0, 0.05) is 13.1 Å². The normalized spacial score (nSPS) is 24.4. The number of nitrogens with zero attached hydrogens (tertiary/aromatic N) is 3. The molecular weight excluding hydrogens is 242 g/mol. The van der Waals surface area contributed by atoms with Crippen molar-refractivity contribution < 1.29 is 4.79 Å². The third kappa shape index (κ3) is 2.10. The van der Waals surface area contributed by atoms with Crippen molar-refractivity contribution in [1.29, 1.82) is 5.26 Å². The van der Waals surface area contributed by atoms with Crippen molar-refractivity contribution in [2.75, 3.05) is 6.54 Å². The first-order chi connectivity index (χ1) is 8.91. The number of amides is 1. The fourth-order valence-electron chi connectivity index (χ4n) is 2.63. The van der Waals surface area contributed by atoms with Gasteiger partial charge in [0.25, 0.3) is 5.91 Å². The van der Waals surface area contributed by atoms with Gasteiger partial charge in [-0.3, -0.25) is 9.48 Å². The standard InChI is InChI=1S/C13H19N5O/c1-13(2)8(5-14)4-11(13)17-12(19)9-7-16-18(3)10(9)6-15/h7-8,11H,4-5,14H2,1-3H3,(H,17,19). The second-order valence-corrected chi connectivity index (χ2v) is 5.66. The summed E-state index contributed by atoms with van der Waals surface area (Å²) in [6.45, 7) is 4.84. The number of aryl methyl sites for hydroxylation is 1. The van der Waals surface area contributed by atoms with E-state index in [0.29, 0.717) is 18.0 Å². The lowest BCUT2D eigenvalue weighted by Crippen LogP contribution is -2.60. The first-order valence-corrected chi connectivity index (χ1v) is 6.34. The molecule has 2 unspecified atom stereocenters. The van der Waals surface area contributed by atoms with Crippen molar-refractivity contribution in [2.45, 2.75) is 26.3 Å². The minimum Gasteiger partial charge on any atom is -0.349 e. The highest BCUT2D eigenvalue weighted by atomic mass is 16.1. The highest BCUT2D eigenvalue weighted by Crippen LogP contribution is 2.45. The number of nitrogens with two attached hydrogens (primary N) is 1. The van der Waals surface area contributed by atoms with Crippen LogP contribution >= 0.6 is 0 Å². The van der Waals surface area contributed by atoms with Crippen molar-refractivity contribution in [3.05, 3.63) is 17.5 Å². The quantitative estimate of drug-likeness (QED) is 0.822. The van der Waals surface area contributed by atoms with Crippen LogP contribution in [0.1, 0.15) is 36.3 Å². The average molecular weight is 261 g/mol. The van der Waals surface area contributed by atoms with E-state index in [1.807, 2.05) is 6.07 Å². The zero-order valence-corrected chi connectivity index (χ0v) is 11.5. The fourth-order valence-corrected chi connectivity index (χ4v) is 2.63.